The lowest BCUT2D eigenvalue weighted by atomic mass is 10.1. The van der Waals surface area contributed by atoms with Crippen LogP contribution in [0.2, 0.25) is 0 Å². The van der Waals surface area contributed by atoms with E-state index in [1.807, 2.05) is 25.6 Å². The number of rotatable bonds is 7. The van der Waals surface area contributed by atoms with Gasteiger partial charge in [-0.25, -0.2) is 9.50 Å². The highest BCUT2D eigenvalue weighted by molar-refractivity contribution is 7.98. The molecule has 0 aliphatic heterocycles. The third-order valence-corrected chi connectivity index (χ3v) is 5.79. The average molecular weight is 361 g/mol. The van der Waals surface area contributed by atoms with E-state index in [9.17, 15) is 4.79 Å². The Balaban J connectivity index is 1.50. The van der Waals surface area contributed by atoms with Gasteiger partial charge >= 0.3 is 0 Å². The van der Waals surface area contributed by atoms with Crippen LogP contribution < -0.4 is 5.32 Å². The fraction of sp³-hybridized carbons (Fsp3) is 0.375. The molecule has 24 heavy (non-hydrogen) atoms. The van der Waals surface area contributed by atoms with E-state index >= 15 is 0 Å². The number of thioether (sulfide) groups is 1. The van der Waals surface area contributed by atoms with E-state index in [2.05, 4.69) is 37.9 Å². The summed E-state index contributed by atoms with van der Waals surface area (Å²) in [5.74, 6) is 2.49. The van der Waals surface area contributed by atoms with E-state index in [1.54, 1.807) is 15.9 Å². The van der Waals surface area contributed by atoms with Gasteiger partial charge in [-0.05, 0) is 25.3 Å². The summed E-state index contributed by atoms with van der Waals surface area (Å²) in [5.41, 5.74) is 2.66. The highest BCUT2D eigenvalue weighted by Crippen LogP contribution is 2.16. The first kappa shape index (κ1) is 16.9. The summed E-state index contributed by atoms with van der Waals surface area (Å²) in [6.07, 6.45) is 1.79. The van der Waals surface area contributed by atoms with E-state index in [0.717, 1.165) is 28.5 Å². The molecule has 6 nitrogen and oxygen atoms in total. The molecule has 3 rings (SSSR count). The number of nitrogens with one attached hydrogen (secondary N) is 1. The molecule has 0 saturated carbocycles. The van der Waals surface area contributed by atoms with Crippen molar-refractivity contribution in [2.45, 2.75) is 26.0 Å². The summed E-state index contributed by atoms with van der Waals surface area (Å²) < 4.78 is 1.67. The van der Waals surface area contributed by atoms with Crippen molar-refractivity contribution in [1.82, 2.24) is 24.9 Å². The molecule has 0 fully saturated rings. The first-order valence-electron chi connectivity index (χ1n) is 7.68. The van der Waals surface area contributed by atoms with Crippen molar-refractivity contribution >= 4 is 34.8 Å². The summed E-state index contributed by atoms with van der Waals surface area (Å²) in [7, 11) is 0. The Kier molecular flexibility index (Phi) is 5.47. The van der Waals surface area contributed by atoms with E-state index in [0.29, 0.717) is 18.7 Å². The summed E-state index contributed by atoms with van der Waals surface area (Å²) in [5, 5.41) is 9.21. The van der Waals surface area contributed by atoms with Crippen LogP contribution in [0.25, 0.3) is 5.78 Å². The smallest absolute Gasteiger partial charge is 0.252 e. The van der Waals surface area contributed by atoms with Crippen LogP contribution in [0.5, 0.6) is 0 Å². The van der Waals surface area contributed by atoms with Crippen molar-refractivity contribution in [3.8, 4) is 0 Å². The minimum absolute atomic E-state index is 0.0131. The SMILES string of the molecule is Cc1nc2ncnn2c(C)c1CC(=O)NCCSCc1cccs1. The largest absolute Gasteiger partial charge is 0.355 e. The Labute approximate surface area is 148 Å². The Morgan fingerprint density at radius 2 is 2.29 bits per heavy atom. The van der Waals surface area contributed by atoms with Gasteiger partial charge < -0.3 is 5.32 Å². The Hall–Kier alpha value is -1.93. The Morgan fingerprint density at radius 1 is 1.42 bits per heavy atom. The number of hydrogen-bond donors (Lipinski definition) is 1. The monoisotopic (exact) mass is 361 g/mol. The van der Waals surface area contributed by atoms with Gasteiger partial charge in [0.25, 0.3) is 5.78 Å². The number of amides is 1. The number of hydrogen-bond acceptors (Lipinski definition) is 6. The molecule has 3 heterocycles. The van der Waals surface area contributed by atoms with Crippen molar-refractivity contribution in [3.63, 3.8) is 0 Å². The van der Waals surface area contributed by atoms with Crippen LogP contribution in [-0.2, 0) is 17.0 Å². The van der Waals surface area contributed by atoms with Crippen LogP contribution in [-0.4, -0.2) is 37.8 Å². The molecule has 1 amide bonds. The van der Waals surface area contributed by atoms with Crippen LogP contribution >= 0.6 is 23.1 Å². The van der Waals surface area contributed by atoms with E-state index < -0.39 is 0 Å². The number of nitrogens with zero attached hydrogens (tertiary/aromatic N) is 4. The van der Waals surface area contributed by atoms with Crippen LogP contribution in [0.3, 0.4) is 0 Å². The zero-order valence-electron chi connectivity index (χ0n) is 13.7. The number of aromatic nitrogens is 4. The van der Waals surface area contributed by atoms with E-state index in [-0.39, 0.29) is 5.91 Å². The third-order valence-electron chi connectivity index (χ3n) is 3.72. The van der Waals surface area contributed by atoms with Crippen molar-refractivity contribution in [3.05, 3.63) is 45.7 Å². The zero-order chi connectivity index (χ0) is 16.9. The molecule has 0 atom stereocenters. The second-order valence-corrected chi connectivity index (χ2v) is 7.53. The number of carbonyl (C=O) groups is 1. The van der Waals surface area contributed by atoms with Crippen LogP contribution in [0.1, 0.15) is 21.8 Å². The molecular weight excluding hydrogens is 342 g/mol. The van der Waals surface area contributed by atoms with Gasteiger partial charge in [-0.1, -0.05) is 6.07 Å². The topological polar surface area (TPSA) is 72.2 Å². The molecule has 0 spiro atoms. The molecule has 3 aromatic rings. The first-order chi connectivity index (χ1) is 11.6. The maximum Gasteiger partial charge on any atom is 0.252 e. The van der Waals surface area contributed by atoms with Gasteiger partial charge in [0, 0.05) is 39.9 Å². The standard InChI is InChI=1S/C16H19N5OS2/c1-11-14(12(2)21-16(20-11)18-10-19-21)8-15(22)17-5-7-23-9-13-4-3-6-24-13/h3-4,6,10H,5,7-9H2,1-2H3,(H,17,22). The van der Waals surface area contributed by atoms with Gasteiger partial charge in [-0.2, -0.15) is 21.8 Å². The summed E-state index contributed by atoms with van der Waals surface area (Å²) in [6.45, 7) is 4.52. The molecule has 1 N–H and O–H groups in total. The van der Waals surface area contributed by atoms with Gasteiger partial charge in [0.15, 0.2) is 0 Å². The van der Waals surface area contributed by atoms with Crippen molar-refractivity contribution in [1.29, 1.82) is 0 Å². The maximum atomic E-state index is 12.2. The van der Waals surface area contributed by atoms with Crippen molar-refractivity contribution in [2.24, 2.45) is 0 Å². The predicted octanol–water partition coefficient (Wildman–Crippen LogP) is 2.39. The highest BCUT2D eigenvalue weighted by Gasteiger charge is 2.14. The number of thiophene rings is 1. The van der Waals surface area contributed by atoms with Gasteiger partial charge in [0.2, 0.25) is 5.91 Å². The molecule has 8 heteroatoms. The van der Waals surface area contributed by atoms with E-state index in [1.165, 1.54) is 11.2 Å². The summed E-state index contributed by atoms with van der Waals surface area (Å²) in [6, 6.07) is 4.20. The molecule has 0 saturated heterocycles. The minimum atomic E-state index is 0.0131. The quantitative estimate of drug-likeness (QED) is 0.654. The highest BCUT2D eigenvalue weighted by atomic mass is 32.2. The second-order valence-electron chi connectivity index (χ2n) is 5.39. The molecule has 3 aromatic heterocycles. The minimum Gasteiger partial charge on any atom is -0.355 e. The summed E-state index contributed by atoms with van der Waals surface area (Å²) >= 11 is 3.59. The Bertz CT molecular complexity index is 828. The summed E-state index contributed by atoms with van der Waals surface area (Å²) in [4.78, 5) is 22.0. The maximum absolute atomic E-state index is 12.2. The van der Waals surface area contributed by atoms with Crippen LogP contribution in [0.4, 0.5) is 0 Å². The lowest BCUT2D eigenvalue weighted by Gasteiger charge is -2.10. The van der Waals surface area contributed by atoms with Gasteiger partial charge in [0.05, 0.1) is 6.42 Å². The zero-order valence-corrected chi connectivity index (χ0v) is 15.3. The fourth-order valence-electron chi connectivity index (χ4n) is 2.46. The lowest BCUT2D eigenvalue weighted by Crippen LogP contribution is -2.28. The van der Waals surface area contributed by atoms with Crippen molar-refractivity contribution in [2.75, 3.05) is 12.3 Å². The van der Waals surface area contributed by atoms with Gasteiger partial charge in [0.1, 0.15) is 6.33 Å². The molecular formula is C16H19N5OS2. The number of carbonyl (C=O) groups excluding carboxylic acids is 1. The molecule has 0 aliphatic rings. The van der Waals surface area contributed by atoms with Gasteiger partial charge in [-0.15, -0.1) is 11.3 Å². The van der Waals surface area contributed by atoms with Crippen molar-refractivity contribution < 1.29 is 4.79 Å². The number of aryl methyl sites for hydroxylation is 2. The number of fused-ring (bicyclic) bond motifs is 1. The molecule has 0 radical (unpaired) electrons. The first-order valence-corrected chi connectivity index (χ1v) is 9.71. The van der Waals surface area contributed by atoms with Crippen LogP contribution in [0, 0.1) is 13.8 Å². The molecule has 0 bridgehead atoms. The lowest BCUT2D eigenvalue weighted by molar-refractivity contribution is -0.120. The van der Waals surface area contributed by atoms with Gasteiger partial charge in [-0.3, -0.25) is 4.79 Å². The van der Waals surface area contributed by atoms with E-state index in [4.69, 9.17) is 0 Å². The fourth-order valence-corrected chi connectivity index (χ4v) is 4.16. The molecule has 126 valence electrons. The molecule has 0 aliphatic carbocycles. The second kappa shape index (κ2) is 7.76. The predicted molar refractivity (Wildman–Crippen MR) is 97.5 cm³/mol. The Morgan fingerprint density at radius 3 is 3.08 bits per heavy atom. The van der Waals surface area contributed by atoms with Crippen LogP contribution in [0.15, 0.2) is 23.8 Å². The third kappa shape index (κ3) is 3.93. The molecule has 0 aromatic carbocycles. The normalized spacial score (nSPS) is 11.1. The molecule has 0 unspecified atom stereocenters. The average Bonchev–Trinajstić information content (AvgIpc) is 3.22.